The summed E-state index contributed by atoms with van der Waals surface area (Å²) in [6.45, 7) is 0. The predicted octanol–water partition coefficient (Wildman–Crippen LogP) is 2.09. The molecule has 8 nitrogen and oxygen atoms in total. The molecule has 1 aliphatic heterocycles. The minimum Gasteiger partial charge on any atom is -0.481 e. The third-order valence-corrected chi connectivity index (χ3v) is 4.73. The van der Waals surface area contributed by atoms with E-state index in [1.807, 2.05) is 6.07 Å². The lowest BCUT2D eigenvalue weighted by molar-refractivity contribution is -0.137. The van der Waals surface area contributed by atoms with Gasteiger partial charge in [-0.1, -0.05) is 41.9 Å². The third-order valence-electron chi connectivity index (χ3n) is 4.48. The highest BCUT2D eigenvalue weighted by Gasteiger charge is 2.35. The summed E-state index contributed by atoms with van der Waals surface area (Å²) in [5.74, 6) is -2.24. The van der Waals surface area contributed by atoms with Crippen molar-refractivity contribution >= 4 is 40.8 Å². The first kappa shape index (κ1) is 20.3. The maximum absolute atomic E-state index is 12.8. The van der Waals surface area contributed by atoms with Crippen molar-refractivity contribution in [1.82, 2.24) is 5.32 Å². The van der Waals surface area contributed by atoms with Gasteiger partial charge in [0.2, 0.25) is 5.91 Å². The van der Waals surface area contributed by atoms with Crippen molar-refractivity contribution in [3.05, 3.63) is 65.2 Å². The summed E-state index contributed by atoms with van der Waals surface area (Å²) in [7, 11) is 0. The van der Waals surface area contributed by atoms with Crippen LogP contribution in [0, 0.1) is 0 Å². The van der Waals surface area contributed by atoms with Crippen LogP contribution in [0.2, 0.25) is 5.02 Å². The van der Waals surface area contributed by atoms with Gasteiger partial charge in [-0.3, -0.25) is 19.4 Å². The van der Waals surface area contributed by atoms with E-state index in [-0.39, 0.29) is 18.6 Å². The number of nitrogens with one attached hydrogen (secondary N) is 1. The second-order valence-electron chi connectivity index (χ2n) is 6.52. The first-order valence-corrected chi connectivity index (χ1v) is 9.22. The van der Waals surface area contributed by atoms with E-state index >= 15 is 0 Å². The van der Waals surface area contributed by atoms with Crippen LogP contribution in [-0.2, 0) is 14.4 Å². The second-order valence-corrected chi connectivity index (χ2v) is 6.96. The number of carbonyl (C=O) groups is 3. The van der Waals surface area contributed by atoms with Crippen LogP contribution in [0.15, 0.2) is 59.7 Å². The Morgan fingerprint density at radius 1 is 1.17 bits per heavy atom. The maximum atomic E-state index is 12.8. The molecule has 2 aromatic rings. The fourth-order valence-corrected chi connectivity index (χ4v) is 3.18. The van der Waals surface area contributed by atoms with Crippen LogP contribution in [0.5, 0.6) is 0 Å². The van der Waals surface area contributed by atoms with Crippen LogP contribution in [0.4, 0.5) is 5.69 Å². The Bertz CT molecular complexity index is 947. The van der Waals surface area contributed by atoms with E-state index in [0.717, 1.165) is 0 Å². The average molecular weight is 415 g/mol. The Kier molecular flexibility index (Phi) is 6.13. The molecule has 2 unspecified atom stereocenters. The molecule has 2 atom stereocenters. The first-order chi connectivity index (χ1) is 13.8. The van der Waals surface area contributed by atoms with Crippen molar-refractivity contribution < 1.29 is 19.5 Å². The molecule has 2 amide bonds. The minimum atomic E-state index is -1.07. The highest BCUT2D eigenvalue weighted by atomic mass is 35.5. The van der Waals surface area contributed by atoms with Gasteiger partial charge in [-0.15, -0.1) is 0 Å². The minimum absolute atomic E-state index is 0.0243. The van der Waals surface area contributed by atoms with E-state index < -0.39 is 29.9 Å². The van der Waals surface area contributed by atoms with Gasteiger partial charge < -0.3 is 16.2 Å². The fourth-order valence-electron chi connectivity index (χ4n) is 3.05. The van der Waals surface area contributed by atoms with Crippen molar-refractivity contribution in [3.8, 4) is 0 Å². The number of aliphatic carboxylic acids is 1. The number of anilines is 1. The summed E-state index contributed by atoms with van der Waals surface area (Å²) in [6.07, 6.45) is -0.293. The lowest BCUT2D eigenvalue weighted by Gasteiger charge is -2.20. The summed E-state index contributed by atoms with van der Waals surface area (Å²) in [6, 6.07) is 13.8. The summed E-state index contributed by atoms with van der Waals surface area (Å²) < 4.78 is 0. The molecule has 0 spiro atoms. The number of nitrogens with two attached hydrogens (primary N) is 1. The Labute approximate surface area is 171 Å². The zero-order valence-corrected chi connectivity index (χ0v) is 16.0. The average Bonchev–Trinajstić information content (AvgIpc) is 3.14. The Morgan fingerprint density at radius 2 is 1.83 bits per heavy atom. The zero-order chi connectivity index (χ0) is 21.0. The molecule has 3 rings (SSSR count). The summed E-state index contributed by atoms with van der Waals surface area (Å²) in [5, 5.41) is 18.1. The molecular weight excluding hydrogens is 396 g/mol. The Morgan fingerprint density at radius 3 is 2.41 bits per heavy atom. The highest BCUT2D eigenvalue weighted by molar-refractivity contribution is 6.40. The summed E-state index contributed by atoms with van der Waals surface area (Å²) >= 11 is 5.88. The molecule has 1 aliphatic rings. The number of primary amides is 1. The van der Waals surface area contributed by atoms with Crippen molar-refractivity contribution in [2.24, 2.45) is 10.8 Å². The number of carboxylic acids is 1. The van der Waals surface area contributed by atoms with E-state index in [0.29, 0.717) is 16.3 Å². The molecule has 150 valence electrons. The quantitative estimate of drug-likeness (QED) is 0.639. The van der Waals surface area contributed by atoms with Gasteiger partial charge in [-0.2, -0.15) is 5.10 Å². The summed E-state index contributed by atoms with van der Waals surface area (Å²) in [5.41, 5.74) is 6.80. The van der Waals surface area contributed by atoms with Gasteiger partial charge in [0.25, 0.3) is 5.91 Å². The number of nitrogens with zero attached hydrogens (tertiary/aromatic N) is 2. The van der Waals surface area contributed by atoms with Crippen molar-refractivity contribution in [2.45, 2.75) is 24.9 Å². The largest absolute Gasteiger partial charge is 0.481 e. The van der Waals surface area contributed by atoms with Gasteiger partial charge in [0.1, 0.15) is 11.8 Å². The standard InChI is InChI=1S/C20H19ClN4O4/c21-13-8-6-12(7-9-13)15(11-18(26)27)23-20(29)16-10-17(19(22)28)25(24-16)14-4-2-1-3-5-14/h1-9,15,17H,10-11H2,(H2,22,28)(H,23,29)(H,26,27). The number of amides is 2. The van der Waals surface area contributed by atoms with Gasteiger partial charge in [-0.05, 0) is 29.8 Å². The normalized spacial score (nSPS) is 16.8. The van der Waals surface area contributed by atoms with Crippen LogP contribution < -0.4 is 16.1 Å². The van der Waals surface area contributed by atoms with Crippen LogP contribution >= 0.6 is 11.6 Å². The molecule has 0 aliphatic carbocycles. The topological polar surface area (TPSA) is 125 Å². The molecular formula is C20H19ClN4O4. The Balaban J connectivity index is 1.82. The lowest BCUT2D eigenvalue weighted by Crippen LogP contribution is -2.40. The van der Waals surface area contributed by atoms with Gasteiger partial charge >= 0.3 is 5.97 Å². The fraction of sp³-hybridized carbons (Fsp3) is 0.200. The smallest absolute Gasteiger partial charge is 0.305 e. The second kappa shape index (κ2) is 8.74. The number of halogens is 1. The molecule has 4 N–H and O–H groups in total. The van der Waals surface area contributed by atoms with E-state index in [2.05, 4.69) is 10.4 Å². The predicted molar refractivity (Wildman–Crippen MR) is 109 cm³/mol. The van der Waals surface area contributed by atoms with Gasteiger partial charge in [0, 0.05) is 11.4 Å². The van der Waals surface area contributed by atoms with Crippen molar-refractivity contribution in [1.29, 1.82) is 0 Å². The number of benzene rings is 2. The lowest BCUT2D eigenvalue weighted by atomic mass is 10.0. The summed E-state index contributed by atoms with van der Waals surface area (Å²) in [4.78, 5) is 35.9. The van der Waals surface area contributed by atoms with Crippen molar-refractivity contribution in [3.63, 3.8) is 0 Å². The maximum Gasteiger partial charge on any atom is 0.305 e. The van der Waals surface area contributed by atoms with Crippen LogP contribution in [0.1, 0.15) is 24.4 Å². The number of hydrogen-bond donors (Lipinski definition) is 3. The molecule has 0 saturated carbocycles. The van der Waals surface area contributed by atoms with E-state index in [4.69, 9.17) is 17.3 Å². The number of hydrogen-bond acceptors (Lipinski definition) is 5. The van der Waals surface area contributed by atoms with E-state index in [9.17, 15) is 19.5 Å². The Hall–Kier alpha value is -3.39. The SMILES string of the molecule is NC(=O)C1CC(C(=O)NC(CC(=O)O)c2ccc(Cl)cc2)=NN1c1ccccc1. The van der Waals surface area contributed by atoms with Crippen molar-refractivity contribution in [2.75, 3.05) is 5.01 Å². The van der Waals surface area contributed by atoms with E-state index in [1.165, 1.54) is 5.01 Å². The molecule has 29 heavy (non-hydrogen) atoms. The van der Waals surface area contributed by atoms with Gasteiger partial charge in [-0.25, -0.2) is 0 Å². The van der Waals surface area contributed by atoms with E-state index in [1.54, 1.807) is 48.5 Å². The molecule has 0 aromatic heterocycles. The van der Waals surface area contributed by atoms with Crippen LogP contribution in [0.3, 0.4) is 0 Å². The molecule has 0 fully saturated rings. The molecule has 9 heteroatoms. The molecule has 0 bridgehead atoms. The van der Waals surface area contributed by atoms with Crippen LogP contribution in [-0.4, -0.2) is 34.6 Å². The molecule has 2 aromatic carbocycles. The first-order valence-electron chi connectivity index (χ1n) is 8.84. The van der Waals surface area contributed by atoms with Gasteiger partial charge in [0.05, 0.1) is 18.2 Å². The number of rotatable bonds is 7. The zero-order valence-electron chi connectivity index (χ0n) is 15.3. The monoisotopic (exact) mass is 414 g/mol. The molecule has 1 heterocycles. The third kappa shape index (κ3) is 4.91. The molecule has 0 saturated heterocycles. The number of carbonyl (C=O) groups excluding carboxylic acids is 2. The van der Waals surface area contributed by atoms with Crippen LogP contribution in [0.25, 0.3) is 0 Å². The number of hydrazone groups is 1. The highest BCUT2D eigenvalue weighted by Crippen LogP contribution is 2.25. The van der Waals surface area contributed by atoms with Gasteiger partial charge in [0.15, 0.2) is 0 Å². The molecule has 0 radical (unpaired) electrons. The number of para-hydroxylation sites is 1. The number of carboxylic acid groups (broad SMARTS) is 1.